The molecule has 0 rings (SSSR count). The van der Waals surface area contributed by atoms with Gasteiger partial charge in [0.2, 0.25) is 0 Å². The lowest BCUT2D eigenvalue weighted by Gasteiger charge is -2.16. The van der Waals surface area contributed by atoms with Gasteiger partial charge in [0, 0.05) is 0 Å². The summed E-state index contributed by atoms with van der Waals surface area (Å²) >= 11 is 0. The third-order valence-electron chi connectivity index (χ3n) is 3.11. The molecule has 0 nitrogen and oxygen atoms in total. The standard InChI is InChI=1S/C17H28.C3H8.2C2H6/c1-8-11-14(6)12-17(15(7)9-2)16(10-3)13(4)5;1-3-2;2*1-2/h9,12,15H,2,4,8,10-11H2,1,3,5-7H3;3H2,1-2H3;2*1-2H3/b14-12-,17-16+;;;. The molecule has 0 aliphatic carbocycles. The van der Waals surface area contributed by atoms with Crippen molar-refractivity contribution in [1.29, 1.82) is 0 Å². The molecule has 1 atom stereocenters. The minimum absolute atomic E-state index is 0.397. The second-order valence-corrected chi connectivity index (χ2v) is 5.54. The van der Waals surface area contributed by atoms with Gasteiger partial charge in [-0.15, -0.1) is 6.58 Å². The molecule has 0 heterocycles. The first-order chi connectivity index (χ1) is 11.4. The molecule has 0 amide bonds. The summed E-state index contributed by atoms with van der Waals surface area (Å²) in [6, 6.07) is 0. The lowest BCUT2D eigenvalue weighted by Crippen LogP contribution is -2.00. The molecule has 0 saturated heterocycles. The Morgan fingerprint density at radius 1 is 0.958 bits per heavy atom. The van der Waals surface area contributed by atoms with E-state index in [9.17, 15) is 0 Å². The minimum atomic E-state index is 0.397. The molecule has 0 fully saturated rings. The van der Waals surface area contributed by atoms with Gasteiger partial charge in [0.25, 0.3) is 0 Å². The lowest BCUT2D eigenvalue weighted by atomic mass is 9.89. The minimum Gasteiger partial charge on any atom is -0.102 e. The van der Waals surface area contributed by atoms with Gasteiger partial charge in [0.05, 0.1) is 0 Å². The van der Waals surface area contributed by atoms with Gasteiger partial charge in [0.15, 0.2) is 0 Å². The highest BCUT2D eigenvalue weighted by molar-refractivity contribution is 5.41. The van der Waals surface area contributed by atoms with Gasteiger partial charge in [-0.05, 0) is 43.8 Å². The van der Waals surface area contributed by atoms with Crippen LogP contribution in [0.4, 0.5) is 0 Å². The topological polar surface area (TPSA) is 0 Å². The molecular weight excluding hydrogens is 288 g/mol. The summed E-state index contributed by atoms with van der Waals surface area (Å²) in [6.07, 6.45) is 9.01. The van der Waals surface area contributed by atoms with Crippen LogP contribution in [0.3, 0.4) is 0 Å². The Morgan fingerprint density at radius 3 is 1.62 bits per heavy atom. The molecule has 0 aromatic rings. The van der Waals surface area contributed by atoms with Gasteiger partial charge in [-0.25, -0.2) is 0 Å². The van der Waals surface area contributed by atoms with Crippen molar-refractivity contribution < 1.29 is 0 Å². The van der Waals surface area contributed by atoms with Crippen LogP contribution in [0.5, 0.6) is 0 Å². The van der Waals surface area contributed by atoms with E-state index in [4.69, 9.17) is 0 Å². The van der Waals surface area contributed by atoms with E-state index in [0.717, 1.165) is 6.42 Å². The Hall–Kier alpha value is -1.04. The molecular formula is C24H48. The average Bonchev–Trinajstić information content (AvgIpc) is 2.58. The third kappa shape index (κ3) is 17.3. The largest absolute Gasteiger partial charge is 0.102 e. The first kappa shape index (κ1) is 30.8. The van der Waals surface area contributed by atoms with Crippen LogP contribution in [0.15, 0.2) is 47.6 Å². The van der Waals surface area contributed by atoms with Crippen molar-refractivity contribution in [3.8, 4) is 0 Å². The molecule has 0 saturated carbocycles. The van der Waals surface area contributed by atoms with Crippen LogP contribution in [-0.4, -0.2) is 0 Å². The highest BCUT2D eigenvalue weighted by atomic mass is 14.1. The van der Waals surface area contributed by atoms with Gasteiger partial charge in [0.1, 0.15) is 0 Å². The normalized spacial score (nSPS) is 12.0. The number of allylic oxidation sites excluding steroid dienone is 6. The van der Waals surface area contributed by atoms with Gasteiger partial charge in [-0.3, -0.25) is 0 Å². The van der Waals surface area contributed by atoms with Crippen molar-refractivity contribution in [2.45, 2.75) is 102 Å². The van der Waals surface area contributed by atoms with E-state index in [-0.39, 0.29) is 0 Å². The fourth-order valence-electron chi connectivity index (χ4n) is 2.10. The maximum atomic E-state index is 4.10. The predicted octanol–water partition coefficient (Wildman–Crippen LogP) is 9.31. The second-order valence-electron chi connectivity index (χ2n) is 5.54. The molecule has 0 heteroatoms. The van der Waals surface area contributed by atoms with Crippen LogP contribution in [0, 0.1) is 5.92 Å². The van der Waals surface area contributed by atoms with Crippen molar-refractivity contribution in [2.24, 2.45) is 5.92 Å². The van der Waals surface area contributed by atoms with Gasteiger partial charge in [-0.1, -0.05) is 105 Å². The highest BCUT2D eigenvalue weighted by Gasteiger charge is 2.09. The fourth-order valence-corrected chi connectivity index (χ4v) is 2.10. The summed E-state index contributed by atoms with van der Waals surface area (Å²) in [5, 5.41) is 0. The quantitative estimate of drug-likeness (QED) is 0.321. The number of hydrogen-bond acceptors (Lipinski definition) is 0. The molecule has 0 aromatic heterocycles. The number of rotatable bonds is 7. The summed E-state index contributed by atoms with van der Waals surface area (Å²) in [4.78, 5) is 0. The van der Waals surface area contributed by atoms with Crippen molar-refractivity contribution in [1.82, 2.24) is 0 Å². The van der Waals surface area contributed by atoms with E-state index in [0.29, 0.717) is 5.92 Å². The highest BCUT2D eigenvalue weighted by Crippen LogP contribution is 2.26. The smallest absolute Gasteiger partial charge is 0.00103 e. The van der Waals surface area contributed by atoms with Crippen LogP contribution in [-0.2, 0) is 0 Å². The van der Waals surface area contributed by atoms with E-state index in [1.54, 1.807) is 0 Å². The van der Waals surface area contributed by atoms with Crippen molar-refractivity contribution in [3.05, 3.63) is 47.6 Å². The maximum Gasteiger partial charge on any atom is -0.00103 e. The molecule has 0 aliphatic rings. The lowest BCUT2D eigenvalue weighted by molar-refractivity contribution is 0.846. The Morgan fingerprint density at radius 2 is 1.38 bits per heavy atom. The first-order valence-corrected chi connectivity index (χ1v) is 10.1. The summed E-state index contributed by atoms with van der Waals surface area (Å²) in [6.45, 7) is 31.2. The molecule has 24 heavy (non-hydrogen) atoms. The second kappa shape index (κ2) is 24.2. The average molecular weight is 337 g/mol. The number of hydrogen-bond donors (Lipinski definition) is 0. The zero-order valence-electron chi connectivity index (χ0n) is 19.0. The zero-order valence-corrected chi connectivity index (χ0v) is 19.0. The maximum absolute atomic E-state index is 4.10. The first-order valence-electron chi connectivity index (χ1n) is 10.1. The molecule has 0 spiro atoms. The summed E-state index contributed by atoms with van der Waals surface area (Å²) in [7, 11) is 0. The summed E-state index contributed by atoms with van der Waals surface area (Å²) in [5.41, 5.74) is 5.40. The zero-order chi connectivity index (χ0) is 20.1. The Labute approximate surface area is 155 Å². The van der Waals surface area contributed by atoms with E-state index in [1.165, 1.54) is 41.6 Å². The molecule has 144 valence electrons. The monoisotopic (exact) mass is 336 g/mol. The van der Waals surface area contributed by atoms with Crippen LogP contribution in [0.25, 0.3) is 0 Å². The third-order valence-corrected chi connectivity index (χ3v) is 3.11. The Balaban J connectivity index is -0.000000247. The predicted molar refractivity (Wildman–Crippen MR) is 119 cm³/mol. The van der Waals surface area contributed by atoms with Crippen molar-refractivity contribution >= 4 is 0 Å². The Kier molecular flexibility index (Phi) is 31.1. The van der Waals surface area contributed by atoms with Crippen LogP contribution in [0.1, 0.15) is 102 Å². The van der Waals surface area contributed by atoms with Crippen LogP contribution >= 0.6 is 0 Å². The summed E-state index contributed by atoms with van der Waals surface area (Å²) in [5.74, 6) is 0.397. The van der Waals surface area contributed by atoms with Crippen LogP contribution < -0.4 is 0 Å². The van der Waals surface area contributed by atoms with Crippen molar-refractivity contribution in [3.63, 3.8) is 0 Å². The molecule has 0 bridgehead atoms. The molecule has 0 aromatic carbocycles. The molecule has 0 N–H and O–H groups in total. The van der Waals surface area contributed by atoms with E-state index >= 15 is 0 Å². The molecule has 0 aliphatic heterocycles. The van der Waals surface area contributed by atoms with Gasteiger partial charge < -0.3 is 0 Å². The van der Waals surface area contributed by atoms with E-state index in [2.05, 4.69) is 67.7 Å². The molecule has 1 unspecified atom stereocenters. The van der Waals surface area contributed by atoms with E-state index < -0.39 is 0 Å². The fraction of sp³-hybridized carbons (Fsp3) is 0.667. The van der Waals surface area contributed by atoms with E-state index in [1.807, 2.05) is 33.8 Å². The van der Waals surface area contributed by atoms with Gasteiger partial charge >= 0.3 is 0 Å². The van der Waals surface area contributed by atoms with Crippen LogP contribution in [0.2, 0.25) is 0 Å². The molecule has 0 radical (unpaired) electrons. The summed E-state index contributed by atoms with van der Waals surface area (Å²) < 4.78 is 0. The van der Waals surface area contributed by atoms with Gasteiger partial charge in [-0.2, -0.15) is 0 Å². The Bertz CT molecular complexity index is 339. The van der Waals surface area contributed by atoms with Crippen molar-refractivity contribution in [2.75, 3.05) is 0 Å². The SMILES string of the molecule is C=CC(C)C(/C=C(/C)CCC)=C(\CC)C(=C)C.CC.CC.CCC.